The summed E-state index contributed by atoms with van der Waals surface area (Å²) in [6.45, 7) is 0. The van der Waals surface area contributed by atoms with Gasteiger partial charge in [0, 0.05) is 12.3 Å². The van der Waals surface area contributed by atoms with Crippen molar-refractivity contribution in [1.29, 1.82) is 0 Å². The van der Waals surface area contributed by atoms with Gasteiger partial charge in [-0.3, -0.25) is 9.08 Å². The van der Waals surface area contributed by atoms with E-state index in [0.717, 1.165) is 0 Å². The van der Waals surface area contributed by atoms with Crippen LogP contribution in [0.25, 0.3) is 0 Å². The summed E-state index contributed by atoms with van der Waals surface area (Å²) in [5.74, 6) is 0. The highest BCUT2D eigenvalue weighted by Gasteiger charge is 2.16. The van der Waals surface area contributed by atoms with E-state index in [1.54, 1.807) is 18.2 Å². The Balaban J connectivity index is 2.37. The van der Waals surface area contributed by atoms with Crippen molar-refractivity contribution in [3.05, 3.63) is 65.1 Å². The molecule has 0 spiro atoms. The van der Waals surface area contributed by atoms with Gasteiger partial charge in [-0.1, -0.05) is 24.3 Å². The summed E-state index contributed by atoms with van der Waals surface area (Å²) in [4.78, 5) is 11.3. The molecule has 0 N–H and O–H groups in total. The molecule has 0 amide bonds. The quantitative estimate of drug-likeness (QED) is 0.804. The Morgan fingerprint density at radius 1 is 0.941 bits per heavy atom. The first kappa shape index (κ1) is 11.4. The predicted molar refractivity (Wildman–Crippen MR) is 60.9 cm³/mol. The van der Waals surface area contributed by atoms with Crippen molar-refractivity contribution in [1.82, 2.24) is 4.73 Å². The van der Waals surface area contributed by atoms with E-state index in [9.17, 15) is 13.2 Å². The molecule has 0 aliphatic carbocycles. The van der Waals surface area contributed by atoms with Crippen LogP contribution in [0, 0.1) is 0 Å². The van der Waals surface area contributed by atoms with Gasteiger partial charge in [0.25, 0.3) is 5.56 Å². The number of pyridine rings is 1. The van der Waals surface area contributed by atoms with Gasteiger partial charge in [-0.2, -0.15) is 8.42 Å². The molecule has 2 rings (SSSR count). The second-order valence-corrected chi connectivity index (χ2v) is 4.74. The Hall–Kier alpha value is -2.08. The third-order valence-corrected chi connectivity index (χ3v) is 3.21. The van der Waals surface area contributed by atoms with Gasteiger partial charge in [-0.25, -0.2) is 0 Å². The summed E-state index contributed by atoms with van der Waals surface area (Å²) < 4.78 is 28.9. The Morgan fingerprint density at radius 2 is 1.59 bits per heavy atom. The fourth-order valence-corrected chi connectivity index (χ4v) is 2.12. The molecule has 0 aliphatic heterocycles. The molecule has 6 heteroatoms. The minimum absolute atomic E-state index is 0.00393. The molecule has 0 atom stereocenters. The smallest absolute Gasteiger partial charge is 0.281 e. The highest BCUT2D eigenvalue weighted by atomic mass is 32.2. The van der Waals surface area contributed by atoms with Crippen molar-refractivity contribution < 1.29 is 12.7 Å². The Labute approximate surface area is 98.0 Å². The molecule has 0 radical (unpaired) electrons. The Morgan fingerprint density at radius 3 is 2.24 bits per heavy atom. The highest BCUT2D eigenvalue weighted by molar-refractivity contribution is 7.87. The minimum atomic E-state index is -3.97. The number of nitrogens with zero attached hydrogens (tertiary/aromatic N) is 1. The van der Waals surface area contributed by atoms with Crippen LogP contribution in [0.15, 0.2) is 64.4 Å². The summed E-state index contributed by atoms with van der Waals surface area (Å²) in [6.07, 6.45) is 1.24. The van der Waals surface area contributed by atoms with Gasteiger partial charge in [-0.15, -0.1) is 4.73 Å². The van der Waals surface area contributed by atoms with E-state index in [0.29, 0.717) is 4.73 Å². The first-order valence-electron chi connectivity index (χ1n) is 4.77. The number of hydrogen-bond acceptors (Lipinski definition) is 4. The minimum Gasteiger partial charge on any atom is -0.281 e. The summed E-state index contributed by atoms with van der Waals surface area (Å²) in [5.41, 5.74) is -0.549. The van der Waals surface area contributed by atoms with E-state index in [2.05, 4.69) is 0 Å². The van der Waals surface area contributed by atoms with Gasteiger partial charge in [-0.05, 0) is 18.2 Å². The molecule has 0 saturated carbocycles. The van der Waals surface area contributed by atoms with Gasteiger partial charge >= 0.3 is 10.1 Å². The van der Waals surface area contributed by atoms with Crippen LogP contribution < -0.4 is 9.84 Å². The molecule has 0 saturated heterocycles. The van der Waals surface area contributed by atoms with Crippen molar-refractivity contribution in [2.75, 3.05) is 0 Å². The lowest BCUT2D eigenvalue weighted by Crippen LogP contribution is -2.29. The number of benzene rings is 1. The summed E-state index contributed by atoms with van der Waals surface area (Å²) in [5, 5.41) is 0. The molecule has 17 heavy (non-hydrogen) atoms. The van der Waals surface area contributed by atoms with Crippen LogP contribution in [0.1, 0.15) is 0 Å². The van der Waals surface area contributed by atoms with Crippen molar-refractivity contribution in [2.24, 2.45) is 0 Å². The van der Waals surface area contributed by atoms with Crippen LogP contribution in [0.4, 0.5) is 0 Å². The van der Waals surface area contributed by atoms with Crippen LogP contribution in [-0.2, 0) is 10.1 Å². The van der Waals surface area contributed by atoms with Gasteiger partial charge in [0.05, 0.1) is 0 Å². The second-order valence-electron chi connectivity index (χ2n) is 3.21. The molecular weight excluding hydrogens is 242 g/mol. The lowest BCUT2D eigenvalue weighted by molar-refractivity contribution is 0.267. The predicted octanol–water partition coefficient (Wildman–Crippen LogP) is 0.666. The fraction of sp³-hybridized carbons (Fsp3) is 0. The molecule has 2 aromatic rings. The second kappa shape index (κ2) is 4.42. The Kier molecular flexibility index (Phi) is 2.97. The summed E-state index contributed by atoms with van der Waals surface area (Å²) in [7, 11) is -3.97. The molecule has 1 aromatic carbocycles. The van der Waals surface area contributed by atoms with Gasteiger partial charge in [0.15, 0.2) is 0 Å². The lowest BCUT2D eigenvalue weighted by atomic mass is 10.4. The number of hydrogen-bond donors (Lipinski definition) is 0. The van der Waals surface area contributed by atoms with E-state index in [1.165, 1.54) is 36.5 Å². The van der Waals surface area contributed by atoms with Crippen molar-refractivity contribution >= 4 is 10.1 Å². The zero-order valence-electron chi connectivity index (χ0n) is 8.68. The zero-order valence-corrected chi connectivity index (χ0v) is 9.50. The van der Waals surface area contributed by atoms with E-state index in [1.807, 2.05) is 0 Å². The Bertz CT molecular complexity index is 661. The van der Waals surface area contributed by atoms with Crippen molar-refractivity contribution in [3.63, 3.8) is 0 Å². The fourth-order valence-electron chi connectivity index (χ4n) is 1.21. The standard InChI is InChI=1S/C11H9NO4S/c13-11-8-4-5-9-12(11)16-17(14,15)10-6-2-1-3-7-10/h1-9H. The number of rotatable bonds is 3. The SMILES string of the molecule is O=c1ccccn1OS(=O)(=O)c1ccccc1. The first-order chi connectivity index (χ1) is 8.09. The average Bonchev–Trinajstić information content (AvgIpc) is 2.33. The number of aromatic nitrogens is 1. The maximum atomic E-state index is 11.8. The highest BCUT2D eigenvalue weighted by Crippen LogP contribution is 2.08. The molecule has 88 valence electrons. The molecule has 0 unspecified atom stereocenters. The molecule has 5 nitrogen and oxygen atoms in total. The maximum absolute atomic E-state index is 11.8. The lowest BCUT2D eigenvalue weighted by Gasteiger charge is -2.07. The topological polar surface area (TPSA) is 65.4 Å². The summed E-state index contributed by atoms with van der Waals surface area (Å²) in [6, 6.07) is 11.8. The van der Waals surface area contributed by atoms with Crippen LogP contribution in [0.5, 0.6) is 0 Å². The summed E-state index contributed by atoms with van der Waals surface area (Å²) >= 11 is 0. The van der Waals surface area contributed by atoms with Crippen molar-refractivity contribution in [2.45, 2.75) is 4.90 Å². The van der Waals surface area contributed by atoms with Crippen LogP contribution in [-0.4, -0.2) is 13.1 Å². The molecular formula is C11H9NO4S. The third kappa shape index (κ3) is 2.54. The monoisotopic (exact) mass is 251 g/mol. The molecule has 1 heterocycles. The van der Waals surface area contributed by atoms with E-state index < -0.39 is 15.7 Å². The first-order valence-corrected chi connectivity index (χ1v) is 6.18. The van der Waals surface area contributed by atoms with Gasteiger partial charge in [0.2, 0.25) is 0 Å². The van der Waals surface area contributed by atoms with E-state index >= 15 is 0 Å². The zero-order chi connectivity index (χ0) is 12.3. The van der Waals surface area contributed by atoms with Crippen LogP contribution in [0.2, 0.25) is 0 Å². The molecule has 0 bridgehead atoms. The van der Waals surface area contributed by atoms with Gasteiger partial charge < -0.3 is 0 Å². The van der Waals surface area contributed by atoms with Gasteiger partial charge in [0.1, 0.15) is 4.90 Å². The molecule has 1 aromatic heterocycles. The largest absolute Gasteiger partial charge is 0.357 e. The maximum Gasteiger partial charge on any atom is 0.357 e. The average molecular weight is 251 g/mol. The molecule has 0 aliphatic rings. The van der Waals surface area contributed by atoms with Crippen molar-refractivity contribution in [3.8, 4) is 0 Å². The molecule has 0 fully saturated rings. The van der Waals surface area contributed by atoms with E-state index in [-0.39, 0.29) is 4.90 Å². The van der Waals surface area contributed by atoms with E-state index in [4.69, 9.17) is 4.28 Å². The normalized spacial score (nSPS) is 11.1. The third-order valence-electron chi connectivity index (χ3n) is 2.00. The van der Waals surface area contributed by atoms with Crippen LogP contribution in [0.3, 0.4) is 0 Å². The van der Waals surface area contributed by atoms with Crippen LogP contribution >= 0.6 is 0 Å².